The maximum absolute atomic E-state index is 13.2. The van der Waals surface area contributed by atoms with Gasteiger partial charge in [0.05, 0.1) is 17.2 Å². The highest BCUT2D eigenvalue weighted by Gasteiger charge is 2.22. The lowest BCUT2D eigenvalue weighted by Gasteiger charge is -2.18. The summed E-state index contributed by atoms with van der Waals surface area (Å²) < 4.78 is 1.49. The standard InChI is InChI=1S/C29H23Cl2N9O3/c30-19-7-9-23(40-15-33-38-39-40)18(11-19)14-32-29(43)35-22(10-16-4-2-1-3-5-16)28-36-26(27(31)37-28)17-6-8-21-20(12-17)24(41)13-25(42)34-21/h1-9,11-13,15,22H,10,14H2,(H,36,37)(H2,32,35,43)(H2,34,41,42). The highest BCUT2D eigenvalue weighted by molar-refractivity contribution is 6.32. The number of aromatic hydroxyl groups is 1. The zero-order chi connectivity index (χ0) is 29.9. The summed E-state index contributed by atoms with van der Waals surface area (Å²) in [4.78, 5) is 35.5. The minimum absolute atomic E-state index is 0.145. The number of aromatic amines is 2. The van der Waals surface area contributed by atoms with E-state index in [0.717, 1.165) is 11.6 Å². The number of hydrogen-bond donors (Lipinski definition) is 5. The minimum Gasteiger partial charge on any atom is -0.507 e. The highest BCUT2D eigenvalue weighted by atomic mass is 35.5. The molecule has 5 N–H and O–H groups in total. The molecule has 216 valence electrons. The number of nitrogens with zero attached hydrogens (tertiary/aromatic N) is 5. The fourth-order valence-electron chi connectivity index (χ4n) is 4.75. The van der Waals surface area contributed by atoms with E-state index in [1.54, 1.807) is 36.4 Å². The SMILES string of the molecule is O=C(NCc1cc(Cl)ccc1-n1cnnn1)NC(Cc1ccccc1)c1nc(-c2ccc3[nH]c(=O)cc(O)c3c2)c(Cl)[nH]1. The molecule has 0 spiro atoms. The lowest BCUT2D eigenvalue weighted by Crippen LogP contribution is -2.39. The molecular weight excluding hydrogens is 593 g/mol. The number of aromatic nitrogens is 7. The molecule has 0 saturated heterocycles. The normalized spacial score (nSPS) is 11.9. The Morgan fingerprint density at radius 3 is 2.65 bits per heavy atom. The van der Waals surface area contributed by atoms with Gasteiger partial charge in [-0.2, -0.15) is 0 Å². The number of tetrazole rings is 1. The molecule has 6 rings (SSSR count). The van der Waals surface area contributed by atoms with E-state index in [2.05, 4.69) is 36.1 Å². The minimum atomic E-state index is -0.586. The van der Waals surface area contributed by atoms with Crippen LogP contribution < -0.4 is 16.2 Å². The van der Waals surface area contributed by atoms with Gasteiger partial charge in [-0.05, 0) is 58.3 Å². The molecule has 0 aliphatic heterocycles. The van der Waals surface area contributed by atoms with Crippen molar-refractivity contribution in [3.63, 3.8) is 0 Å². The number of carbonyl (C=O) groups is 1. The van der Waals surface area contributed by atoms with Crippen LogP contribution in [0, 0.1) is 0 Å². The molecule has 0 radical (unpaired) electrons. The molecule has 6 aromatic rings. The van der Waals surface area contributed by atoms with Crippen molar-refractivity contribution in [2.45, 2.75) is 19.0 Å². The number of urea groups is 1. The van der Waals surface area contributed by atoms with Crippen molar-refractivity contribution in [3.8, 4) is 22.7 Å². The number of imidazole rings is 1. The van der Waals surface area contributed by atoms with Crippen molar-refractivity contribution in [3.05, 3.63) is 117 Å². The number of carbonyl (C=O) groups excluding carboxylic acids is 1. The molecule has 43 heavy (non-hydrogen) atoms. The van der Waals surface area contributed by atoms with E-state index in [0.29, 0.717) is 50.7 Å². The summed E-state index contributed by atoms with van der Waals surface area (Å²) in [5.74, 6) is 0.276. The van der Waals surface area contributed by atoms with Crippen molar-refractivity contribution < 1.29 is 9.90 Å². The summed E-state index contributed by atoms with van der Waals surface area (Å²) in [6.45, 7) is 0.145. The van der Waals surface area contributed by atoms with E-state index in [-0.39, 0.29) is 17.4 Å². The molecule has 3 aromatic carbocycles. The first kappa shape index (κ1) is 27.9. The topological polar surface area (TPSA) is 166 Å². The summed E-state index contributed by atoms with van der Waals surface area (Å²) in [5.41, 5.74) is 3.45. The van der Waals surface area contributed by atoms with E-state index in [1.807, 2.05) is 30.3 Å². The van der Waals surface area contributed by atoms with E-state index >= 15 is 0 Å². The molecule has 1 atom stereocenters. The van der Waals surface area contributed by atoms with Crippen molar-refractivity contribution in [2.75, 3.05) is 0 Å². The molecule has 3 heterocycles. The Bertz CT molecular complexity index is 1980. The smallest absolute Gasteiger partial charge is 0.315 e. The first-order valence-electron chi connectivity index (χ1n) is 13.1. The second-order valence-corrected chi connectivity index (χ2v) is 10.5. The molecule has 0 aliphatic rings. The summed E-state index contributed by atoms with van der Waals surface area (Å²) in [7, 11) is 0. The van der Waals surface area contributed by atoms with Gasteiger partial charge < -0.3 is 25.7 Å². The average molecular weight is 616 g/mol. The van der Waals surface area contributed by atoms with Crippen LogP contribution in [-0.4, -0.2) is 46.3 Å². The number of hydrogen-bond acceptors (Lipinski definition) is 7. The zero-order valence-corrected chi connectivity index (χ0v) is 23.8. The van der Waals surface area contributed by atoms with Crippen LogP contribution in [0.1, 0.15) is 23.0 Å². The predicted molar refractivity (Wildman–Crippen MR) is 161 cm³/mol. The zero-order valence-electron chi connectivity index (χ0n) is 22.3. The largest absolute Gasteiger partial charge is 0.507 e. The summed E-state index contributed by atoms with van der Waals surface area (Å²) in [6, 6.07) is 20.0. The van der Waals surface area contributed by atoms with E-state index in [1.165, 1.54) is 11.0 Å². The van der Waals surface area contributed by atoms with Crippen LogP contribution in [0.2, 0.25) is 10.2 Å². The van der Waals surface area contributed by atoms with Crippen molar-refractivity contribution in [1.82, 2.24) is 45.8 Å². The maximum atomic E-state index is 13.2. The van der Waals surface area contributed by atoms with Gasteiger partial charge in [0.25, 0.3) is 5.56 Å². The first-order valence-corrected chi connectivity index (χ1v) is 13.8. The van der Waals surface area contributed by atoms with Crippen molar-refractivity contribution in [1.29, 1.82) is 0 Å². The Labute approximate surface area is 253 Å². The Morgan fingerprint density at radius 2 is 1.86 bits per heavy atom. The number of halogens is 2. The molecule has 2 amide bonds. The third-order valence-electron chi connectivity index (χ3n) is 6.77. The number of benzene rings is 3. The van der Waals surface area contributed by atoms with Gasteiger partial charge in [-0.25, -0.2) is 14.5 Å². The van der Waals surface area contributed by atoms with Gasteiger partial charge in [-0.15, -0.1) is 5.10 Å². The Hall–Kier alpha value is -5.20. The third kappa shape index (κ3) is 6.20. The van der Waals surface area contributed by atoms with E-state index < -0.39 is 17.6 Å². The van der Waals surface area contributed by atoms with Crippen LogP contribution in [0.3, 0.4) is 0 Å². The summed E-state index contributed by atoms with van der Waals surface area (Å²) >= 11 is 12.8. The second kappa shape index (κ2) is 12.0. The number of fused-ring (bicyclic) bond motifs is 1. The molecule has 14 heteroatoms. The van der Waals surface area contributed by atoms with Crippen LogP contribution in [0.25, 0.3) is 27.8 Å². The fraction of sp³-hybridized carbons (Fsp3) is 0.103. The Balaban J connectivity index is 1.26. The summed E-state index contributed by atoms with van der Waals surface area (Å²) in [5, 5.41) is 28.7. The van der Waals surface area contributed by atoms with Gasteiger partial charge in [0.2, 0.25) is 0 Å². The first-order chi connectivity index (χ1) is 20.8. The van der Waals surface area contributed by atoms with Crippen LogP contribution in [-0.2, 0) is 13.0 Å². The molecule has 0 aliphatic carbocycles. The van der Waals surface area contributed by atoms with Crippen LogP contribution in [0.5, 0.6) is 5.75 Å². The van der Waals surface area contributed by atoms with Gasteiger partial charge in [0.15, 0.2) is 0 Å². The summed E-state index contributed by atoms with van der Waals surface area (Å²) in [6.07, 6.45) is 1.88. The van der Waals surface area contributed by atoms with Crippen LogP contribution in [0.4, 0.5) is 4.79 Å². The van der Waals surface area contributed by atoms with Gasteiger partial charge in [-0.3, -0.25) is 4.79 Å². The average Bonchev–Trinajstić information content (AvgIpc) is 3.66. The number of H-pyrrole nitrogens is 2. The van der Waals surface area contributed by atoms with E-state index in [9.17, 15) is 14.7 Å². The number of amides is 2. The van der Waals surface area contributed by atoms with Gasteiger partial charge in [-0.1, -0.05) is 59.6 Å². The van der Waals surface area contributed by atoms with Crippen LogP contribution >= 0.6 is 23.2 Å². The molecule has 0 bridgehead atoms. The highest BCUT2D eigenvalue weighted by Crippen LogP contribution is 2.32. The lowest BCUT2D eigenvalue weighted by molar-refractivity contribution is 0.236. The number of nitrogens with one attached hydrogen (secondary N) is 4. The predicted octanol–water partition coefficient (Wildman–Crippen LogP) is 4.69. The molecule has 1 unspecified atom stereocenters. The monoisotopic (exact) mass is 615 g/mol. The third-order valence-corrected chi connectivity index (χ3v) is 7.28. The number of pyridine rings is 1. The Kier molecular flexibility index (Phi) is 7.77. The Morgan fingerprint density at radius 1 is 1.02 bits per heavy atom. The maximum Gasteiger partial charge on any atom is 0.315 e. The van der Waals surface area contributed by atoms with Crippen molar-refractivity contribution in [2.24, 2.45) is 0 Å². The molecular formula is C29H23Cl2N9O3. The molecule has 0 fully saturated rings. The van der Waals surface area contributed by atoms with Crippen LogP contribution in [0.15, 0.2) is 83.9 Å². The number of rotatable bonds is 8. The van der Waals surface area contributed by atoms with Gasteiger partial charge in [0.1, 0.15) is 28.7 Å². The van der Waals surface area contributed by atoms with Gasteiger partial charge >= 0.3 is 6.03 Å². The second-order valence-electron chi connectivity index (χ2n) is 9.66. The quantitative estimate of drug-likeness (QED) is 0.165. The molecule has 0 saturated carbocycles. The molecule has 3 aromatic heterocycles. The van der Waals surface area contributed by atoms with Crippen molar-refractivity contribution >= 4 is 40.1 Å². The van der Waals surface area contributed by atoms with E-state index in [4.69, 9.17) is 28.2 Å². The molecule has 12 nitrogen and oxygen atoms in total. The fourth-order valence-corrected chi connectivity index (χ4v) is 5.19. The van der Waals surface area contributed by atoms with Gasteiger partial charge in [0, 0.05) is 28.6 Å². The lowest BCUT2D eigenvalue weighted by atomic mass is 10.1.